The SMILES string of the molecule is NC(=O)OC1(c2ccc(Nc3nc(Oc4ccccc4)ccc3[N+](=O)[O-])cc2)CCC1. The standard InChI is InChI=1S/C22H20N4O5/c23-21(27)31-22(13-4-14-22)15-7-9-16(10-8-15)24-20-18(26(28)29)11-12-19(25-20)30-17-5-2-1-3-6-17/h1-3,5-12H,4,13-14H2,(H2,23,27)(H,24,25). The van der Waals surface area contributed by atoms with Gasteiger partial charge in [-0.3, -0.25) is 10.1 Å². The summed E-state index contributed by atoms with van der Waals surface area (Å²) in [6.45, 7) is 0. The second-order valence-electron chi connectivity index (χ2n) is 7.16. The van der Waals surface area contributed by atoms with Gasteiger partial charge in [0.15, 0.2) is 0 Å². The van der Waals surface area contributed by atoms with E-state index in [9.17, 15) is 14.9 Å². The van der Waals surface area contributed by atoms with Crippen LogP contribution in [0.5, 0.6) is 11.6 Å². The number of benzene rings is 2. The number of anilines is 2. The molecule has 0 atom stereocenters. The van der Waals surface area contributed by atoms with Crippen LogP contribution in [0.3, 0.4) is 0 Å². The van der Waals surface area contributed by atoms with Gasteiger partial charge in [0.1, 0.15) is 11.4 Å². The number of nitrogens with one attached hydrogen (secondary N) is 1. The molecule has 1 amide bonds. The molecule has 0 saturated heterocycles. The predicted octanol–water partition coefficient (Wildman–Crippen LogP) is 5.00. The molecule has 0 unspecified atom stereocenters. The smallest absolute Gasteiger partial charge is 0.405 e. The minimum Gasteiger partial charge on any atom is -0.439 e. The number of nitrogens with two attached hydrogens (primary N) is 1. The van der Waals surface area contributed by atoms with Gasteiger partial charge < -0.3 is 20.5 Å². The molecule has 0 spiro atoms. The Bertz CT molecular complexity index is 1100. The van der Waals surface area contributed by atoms with Crippen molar-refractivity contribution < 1.29 is 19.2 Å². The van der Waals surface area contributed by atoms with Gasteiger partial charge in [-0.2, -0.15) is 4.98 Å². The summed E-state index contributed by atoms with van der Waals surface area (Å²) >= 11 is 0. The lowest BCUT2D eigenvalue weighted by molar-refractivity contribution is -0.384. The lowest BCUT2D eigenvalue weighted by Gasteiger charge is -2.40. The maximum Gasteiger partial charge on any atom is 0.405 e. The van der Waals surface area contributed by atoms with Crippen LogP contribution in [0, 0.1) is 10.1 Å². The topological polar surface area (TPSA) is 130 Å². The molecule has 3 aromatic rings. The van der Waals surface area contributed by atoms with Gasteiger partial charge in [0.05, 0.1) is 4.92 Å². The molecule has 1 aliphatic rings. The van der Waals surface area contributed by atoms with E-state index in [2.05, 4.69) is 10.3 Å². The number of aromatic nitrogens is 1. The zero-order valence-electron chi connectivity index (χ0n) is 16.5. The van der Waals surface area contributed by atoms with Crippen molar-refractivity contribution in [3.8, 4) is 11.6 Å². The van der Waals surface area contributed by atoms with Crippen molar-refractivity contribution in [3.05, 3.63) is 82.4 Å². The Balaban J connectivity index is 1.57. The Hall–Kier alpha value is -4.14. The highest BCUT2D eigenvalue weighted by molar-refractivity contribution is 5.67. The van der Waals surface area contributed by atoms with Crippen LogP contribution in [0.2, 0.25) is 0 Å². The van der Waals surface area contributed by atoms with E-state index in [1.807, 2.05) is 18.2 Å². The van der Waals surface area contributed by atoms with Crippen LogP contribution >= 0.6 is 0 Å². The molecule has 1 heterocycles. The van der Waals surface area contributed by atoms with Crippen molar-refractivity contribution in [1.29, 1.82) is 0 Å². The minimum absolute atomic E-state index is 0.0536. The van der Waals surface area contributed by atoms with Crippen molar-refractivity contribution >= 4 is 23.3 Å². The van der Waals surface area contributed by atoms with Crippen LogP contribution in [0.4, 0.5) is 22.0 Å². The molecule has 1 aromatic heterocycles. The maximum atomic E-state index is 11.4. The molecule has 3 N–H and O–H groups in total. The van der Waals surface area contributed by atoms with Crippen LogP contribution in [0.25, 0.3) is 0 Å². The molecule has 4 rings (SSSR count). The minimum atomic E-state index is -0.808. The first-order chi connectivity index (χ1) is 14.9. The number of amides is 1. The average Bonchev–Trinajstić information content (AvgIpc) is 2.72. The fraction of sp³-hybridized carbons (Fsp3) is 0.182. The number of carbonyl (C=O) groups excluding carboxylic acids is 1. The lowest BCUT2D eigenvalue weighted by atomic mass is 9.75. The highest BCUT2D eigenvalue weighted by atomic mass is 16.6. The first-order valence-corrected chi connectivity index (χ1v) is 9.70. The number of nitrogens with zero attached hydrogens (tertiary/aromatic N) is 2. The number of carbonyl (C=O) groups is 1. The Morgan fingerprint density at radius 1 is 1.06 bits per heavy atom. The maximum absolute atomic E-state index is 11.4. The van der Waals surface area contributed by atoms with Gasteiger partial charge in [0, 0.05) is 17.8 Å². The summed E-state index contributed by atoms with van der Waals surface area (Å²) in [7, 11) is 0. The number of hydrogen-bond donors (Lipinski definition) is 2. The summed E-state index contributed by atoms with van der Waals surface area (Å²) in [6.07, 6.45) is 1.54. The summed E-state index contributed by atoms with van der Waals surface area (Å²) in [5.74, 6) is 0.844. The average molecular weight is 420 g/mol. The summed E-state index contributed by atoms with van der Waals surface area (Å²) in [6, 6.07) is 18.9. The molecule has 0 aliphatic heterocycles. The first-order valence-electron chi connectivity index (χ1n) is 9.70. The molecular weight excluding hydrogens is 400 g/mol. The van der Waals surface area contributed by atoms with Crippen LogP contribution in [-0.2, 0) is 10.3 Å². The lowest BCUT2D eigenvalue weighted by Crippen LogP contribution is -2.40. The largest absolute Gasteiger partial charge is 0.439 e. The molecular formula is C22H20N4O5. The molecule has 0 radical (unpaired) electrons. The van der Waals surface area contributed by atoms with Crippen molar-refractivity contribution in [2.24, 2.45) is 5.73 Å². The fourth-order valence-corrected chi connectivity index (χ4v) is 3.47. The van der Waals surface area contributed by atoms with Gasteiger partial charge >= 0.3 is 11.8 Å². The van der Waals surface area contributed by atoms with E-state index < -0.39 is 16.6 Å². The Labute approximate surface area is 178 Å². The predicted molar refractivity (Wildman–Crippen MR) is 113 cm³/mol. The number of primary amides is 1. The normalized spacial score (nSPS) is 14.2. The summed E-state index contributed by atoms with van der Waals surface area (Å²) in [5, 5.41) is 14.4. The second-order valence-corrected chi connectivity index (χ2v) is 7.16. The van der Waals surface area contributed by atoms with E-state index in [1.165, 1.54) is 12.1 Å². The molecule has 1 aliphatic carbocycles. The third-order valence-corrected chi connectivity index (χ3v) is 5.14. The number of pyridine rings is 1. The van der Waals surface area contributed by atoms with Gasteiger partial charge in [-0.15, -0.1) is 0 Å². The van der Waals surface area contributed by atoms with Gasteiger partial charge in [0.25, 0.3) is 0 Å². The van der Waals surface area contributed by atoms with Gasteiger partial charge in [0.2, 0.25) is 11.7 Å². The summed E-state index contributed by atoms with van der Waals surface area (Å²) in [5.41, 5.74) is 5.75. The Morgan fingerprint density at radius 3 is 2.35 bits per heavy atom. The van der Waals surface area contributed by atoms with E-state index >= 15 is 0 Å². The first kappa shape index (κ1) is 20.1. The van der Waals surface area contributed by atoms with Crippen molar-refractivity contribution in [3.63, 3.8) is 0 Å². The van der Waals surface area contributed by atoms with Crippen molar-refractivity contribution in [2.75, 3.05) is 5.32 Å². The number of rotatable bonds is 7. The summed E-state index contributed by atoms with van der Waals surface area (Å²) in [4.78, 5) is 26.4. The quantitative estimate of drug-likeness (QED) is 0.406. The molecule has 9 nitrogen and oxygen atoms in total. The molecule has 2 aromatic carbocycles. The Morgan fingerprint density at radius 2 is 1.77 bits per heavy atom. The van der Waals surface area contributed by atoms with Crippen LogP contribution in [0.1, 0.15) is 24.8 Å². The number of nitro groups is 1. The van der Waals surface area contributed by atoms with Crippen molar-refractivity contribution in [2.45, 2.75) is 24.9 Å². The highest BCUT2D eigenvalue weighted by Crippen LogP contribution is 2.45. The van der Waals surface area contributed by atoms with Crippen LogP contribution < -0.4 is 15.8 Å². The van der Waals surface area contributed by atoms with E-state index in [-0.39, 0.29) is 17.4 Å². The Kier molecular flexibility index (Phi) is 5.40. The molecule has 31 heavy (non-hydrogen) atoms. The van der Waals surface area contributed by atoms with Gasteiger partial charge in [-0.05, 0) is 49.1 Å². The molecule has 1 saturated carbocycles. The van der Waals surface area contributed by atoms with E-state index in [4.69, 9.17) is 15.2 Å². The molecule has 9 heteroatoms. The van der Waals surface area contributed by atoms with Gasteiger partial charge in [-0.1, -0.05) is 30.3 Å². The number of para-hydroxylation sites is 1. The van der Waals surface area contributed by atoms with E-state index in [1.54, 1.807) is 36.4 Å². The summed E-state index contributed by atoms with van der Waals surface area (Å²) < 4.78 is 11.0. The fourth-order valence-electron chi connectivity index (χ4n) is 3.47. The second kappa shape index (κ2) is 8.31. The van der Waals surface area contributed by atoms with Gasteiger partial charge in [-0.25, -0.2) is 4.79 Å². The molecule has 1 fully saturated rings. The van der Waals surface area contributed by atoms with E-state index in [0.29, 0.717) is 24.3 Å². The number of hydrogen-bond acceptors (Lipinski definition) is 7. The van der Waals surface area contributed by atoms with Crippen LogP contribution in [0.15, 0.2) is 66.7 Å². The third kappa shape index (κ3) is 4.40. The zero-order valence-corrected chi connectivity index (χ0v) is 16.5. The third-order valence-electron chi connectivity index (χ3n) is 5.14. The van der Waals surface area contributed by atoms with E-state index in [0.717, 1.165) is 12.0 Å². The highest BCUT2D eigenvalue weighted by Gasteiger charge is 2.42. The number of ether oxygens (including phenoxy) is 2. The van der Waals surface area contributed by atoms with Crippen LogP contribution in [-0.4, -0.2) is 16.0 Å². The zero-order chi connectivity index (χ0) is 21.8. The monoisotopic (exact) mass is 420 g/mol. The molecule has 0 bridgehead atoms. The molecule has 158 valence electrons. The van der Waals surface area contributed by atoms with Crippen molar-refractivity contribution in [1.82, 2.24) is 4.98 Å².